The average molecular weight is 516 g/mol. The number of fused-ring (bicyclic) bond motifs is 1. The van der Waals surface area contributed by atoms with Crippen LogP contribution >= 0.6 is 0 Å². The number of nitriles is 1. The third-order valence-electron chi connectivity index (χ3n) is 8.31. The van der Waals surface area contributed by atoms with E-state index in [4.69, 9.17) is 5.26 Å². The molecular formula is C28H33N7O3. The highest BCUT2D eigenvalue weighted by Crippen LogP contribution is 2.33. The van der Waals surface area contributed by atoms with Crippen molar-refractivity contribution in [3.8, 4) is 11.8 Å². The summed E-state index contributed by atoms with van der Waals surface area (Å²) in [6, 6.07) is 10.5. The monoisotopic (exact) mass is 515 g/mol. The molecule has 0 radical (unpaired) electrons. The van der Waals surface area contributed by atoms with Crippen LogP contribution in [0.1, 0.15) is 44.1 Å². The number of likely N-dealkylation sites (tertiary alicyclic amines) is 2. The molecular weight excluding hydrogens is 482 g/mol. The number of carbonyl (C=O) groups excluding carboxylic acids is 1. The zero-order valence-electron chi connectivity index (χ0n) is 21.5. The van der Waals surface area contributed by atoms with Gasteiger partial charge in [0, 0.05) is 31.5 Å². The van der Waals surface area contributed by atoms with Crippen LogP contribution in [0.5, 0.6) is 0 Å². The summed E-state index contributed by atoms with van der Waals surface area (Å²) in [5.41, 5.74) is 1.21. The summed E-state index contributed by atoms with van der Waals surface area (Å²) in [7, 11) is 0. The fourth-order valence-corrected chi connectivity index (χ4v) is 5.68. The van der Waals surface area contributed by atoms with Crippen molar-refractivity contribution in [1.29, 1.82) is 5.26 Å². The fourth-order valence-electron chi connectivity index (χ4n) is 5.68. The lowest BCUT2D eigenvalue weighted by Crippen LogP contribution is -2.50. The summed E-state index contributed by atoms with van der Waals surface area (Å²) >= 11 is 0. The summed E-state index contributed by atoms with van der Waals surface area (Å²) in [4.78, 5) is 34.3. The number of hydrogen-bond acceptors (Lipinski definition) is 7. The fraction of sp³-hybridized carbons (Fsp3) is 0.536. The Balaban J connectivity index is 1.13. The summed E-state index contributed by atoms with van der Waals surface area (Å²) < 4.78 is 3.13. The van der Waals surface area contributed by atoms with E-state index >= 15 is 0 Å². The van der Waals surface area contributed by atoms with Crippen LogP contribution in [-0.2, 0) is 17.9 Å². The van der Waals surface area contributed by atoms with Gasteiger partial charge in [0.1, 0.15) is 11.7 Å². The molecule has 10 nitrogen and oxygen atoms in total. The molecule has 10 heteroatoms. The van der Waals surface area contributed by atoms with E-state index in [1.807, 2.05) is 17.0 Å². The van der Waals surface area contributed by atoms with Gasteiger partial charge in [0.05, 0.1) is 30.1 Å². The molecule has 0 spiro atoms. The van der Waals surface area contributed by atoms with Crippen molar-refractivity contribution in [2.45, 2.75) is 57.2 Å². The largest absolute Gasteiger partial charge is 0.388 e. The highest BCUT2D eigenvalue weighted by molar-refractivity contribution is 5.81. The van der Waals surface area contributed by atoms with Gasteiger partial charge in [0.15, 0.2) is 5.65 Å². The van der Waals surface area contributed by atoms with Crippen molar-refractivity contribution in [3.63, 3.8) is 0 Å². The molecule has 3 aromatic rings. The Morgan fingerprint density at radius 1 is 1.08 bits per heavy atom. The zero-order valence-corrected chi connectivity index (χ0v) is 21.5. The van der Waals surface area contributed by atoms with Crippen molar-refractivity contribution in [3.05, 3.63) is 52.7 Å². The van der Waals surface area contributed by atoms with Crippen molar-refractivity contribution in [1.82, 2.24) is 29.1 Å². The van der Waals surface area contributed by atoms with Gasteiger partial charge in [-0.2, -0.15) is 10.4 Å². The summed E-state index contributed by atoms with van der Waals surface area (Å²) in [6.45, 7) is 3.89. The second kappa shape index (κ2) is 9.97. The number of aliphatic hydroxyl groups is 1. The van der Waals surface area contributed by atoms with Crippen LogP contribution < -0.4 is 5.56 Å². The average Bonchev–Trinajstić information content (AvgIpc) is 3.70. The normalized spacial score (nSPS) is 20.5. The maximum absolute atomic E-state index is 13.2. The third-order valence-corrected chi connectivity index (χ3v) is 8.31. The molecule has 6 rings (SSSR count). The summed E-state index contributed by atoms with van der Waals surface area (Å²) in [5.74, 6) is 0.557. The Morgan fingerprint density at radius 3 is 2.45 bits per heavy atom. The van der Waals surface area contributed by atoms with Crippen LogP contribution in [0.4, 0.5) is 0 Å². The second-order valence-corrected chi connectivity index (χ2v) is 11.1. The van der Waals surface area contributed by atoms with Gasteiger partial charge in [0.2, 0.25) is 5.91 Å². The molecule has 0 atom stereocenters. The SMILES string of the molecule is N#CC1CCN(Cc2ccc(-n3ncc4c(=O)n(CC5(O)CCN(C(=O)C6CC6)CC5)cnc43)cc2)CC1. The van der Waals surface area contributed by atoms with Gasteiger partial charge in [-0.25, -0.2) is 9.67 Å². The molecule has 1 amide bonds. The van der Waals surface area contributed by atoms with E-state index in [0.717, 1.165) is 51.0 Å². The van der Waals surface area contributed by atoms with Crippen molar-refractivity contribution >= 4 is 16.9 Å². The molecule has 1 aliphatic carbocycles. The van der Waals surface area contributed by atoms with Crippen LogP contribution in [0.3, 0.4) is 0 Å². The van der Waals surface area contributed by atoms with Crippen LogP contribution in [0.15, 0.2) is 41.6 Å². The number of nitrogens with zero attached hydrogens (tertiary/aromatic N) is 7. The van der Waals surface area contributed by atoms with Crippen molar-refractivity contribution in [2.24, 2.45) is 11.8 Å². The standard InChI is InChI=1S/C28H33N7O3/c29-15-20-7-11-32(12-8-20)17-21-1-5-23(6-2-21)35-25-24(16-31-35)27(37)34(19-30-25)18-28(38)9-13-33(14-10-28)26(36)22-3-4-22/h1-2,5-6,16,19-20,22,38H,3-4,7-14,17-18H2. The minimum Gasteiger partial charge on any atom is -0.388 e. The Morgan fingerprint density at radius 2 is 1.79 bits per heavy atom. The number of amides is 1. The first-order chi connectivity index (χ1) is 18.4. The Bertz CT molecular complexity index is 1420. The van der Waals surface area contributed by atoms with Crippen molar-refractivity contribution in [2.75, 3.05) is 26.2 Å². The lowest BCUT2D eigenvalue weighted by Gasteiger charge is -2.38. The third kappa shape index (κ3) is 4.96. The minimum atomic E-state index is -1.05. The summed E-state index contributed by atoms with van der Waals surface area (Å²) in [6.07, 6.45) is 7.70. The Labute approximate surface area is 221 Å². The molecule has 1 aromatic carbocycles. The van der Waals surface area contributed by atoms with Crippen molar-refractivity contribution < 1.29 is 9.90 Å². The highest BCUT2D eigenvalue weighted by Gasteiger charge is 2.39. The topological polar surface area (TPSA) is 120 Å². The molecule has 4 heterocycles. The van der Waals surface area contributed by atoms with Crippen LogP contribution in [0.2, 0.25) is 0 Å². The van der Waals surface area contributed by atoms with E-state index in [-0.39, 0.29) is 29.8 Å². The number of rotatable bonds is 6. The van der Waals surface area contributed by atoms with Gasteiger partial charge in [-0.05, 0) is 69.3 Å². The molecule has 1 N–H and O–H groups in total. The zero-order chi connectivity index (χ0) is 26.3. The molecule has 3 fully saturated rings. The van der Waals surface area contributed by atoms with E-state index < -0.39 is 5.60 Å². The number of aromatic nitrogens is 4. The lowest BCUT2D eigenvalue weighted by molar-refractivity contribution is -0.137. The molecule has 2 aliphatic heterocycles. The van der Waals surface area contributed by atoms with Gasteiger partial charge in [-0.3, -0.25) is 19.1 Å². The number of benzene rings is 1. The first kappa shape index (κ1) is 24.8. The molecule has 38 heavy (non-hydrogen) atoms. The molecule has 2 aromatic heterocycles. The molecule has 198 valence electrons. The highest BCUT2D eigenvalue weighted by atomic mass is 16.3. The molecule has 0 unspecified atom stereocenters. The van der Waals surface area contributed by atoms with E-state index in [2.05, 4.69) is 33.2 Å². The van der Waals surface area contributed by atoms with E-state index in [0.29, 0.717) is 37.0 Å². The van der Waals surface area contributed by atoms with Crippen LogP contribution in [-0.4, -0.2) is 71.9 Å². The molecule has 2 saturated heterocycles. The Kier molecular flexibility index (Phi) is 6.50. The lowest BCUT2D eigenvalue weighted by atomic mass is 9.91. The van der Waals surface area contributed by atoms with E-state index in [9.17, 15) is 14.7 Å². The summed E-state index contributed by atoms with van der Waals surface area (Å²) in [5, 5.41) is 25.1. The van der Waals surface area contributed by atoms with Crippen LogP contribution in [0, 0.1) is 23.2 Å². The number of piperidine rings is 2. The Hall–Kier alpha value is -3.55. The smallest absolute Gasteiger partial charge is 0.264 e. The maximum Gasteiger partial charge on any atom is 0.264 e. The first-order valence-electron chi connectivity index (χ1n) is 13.6. The molecule has 1 saturated carbocycles. The molecule has 0 bridgehead atoms. The van der Waals surface area contributed by atoms with Gasteiger partial charge in [-0.1, -0.05) is 12.1 Å². The predicted molar refractivity (Wildman–Crippen MR) is 140 cm³/mol. The van der Waals surface area contributed by atoms with Crippen LogP contribution in [0.25, 0.3) is 16.7 Å². The predicted octanol–water partition coefficient (Wildman–Crippen LogP) is 2.08. The van der Waals surface area contributed by atoms with Gasteiger partial charge >= 0.3 is 0 Å². The second-order valence-electron chi connectivity index (χ2n) is 11.1. The first-order valence-corrected chi connectivity index (χ1v) is 13.6. The number of hydrogen-bond donors (Lipinski definition) is 1. The number of carbonyl (C=O) groups is 1. The quantitative estimate of drug-likeness (QED) is 0.534. The molecule has 3 aliphatic rings. The van der Waals surface area contributed by atoms with E-state index in [1.54, 1.807) is 4.68 Å². The van der Waals surface area contributed by atoms with Gasteiger partial charge < -0.3 is 10.0 Å². The minimum absolute atomic E-state index is 0.145. The van der Waals surface area contributed by atoms with E-state index in [1.165, 1.54) is 22.7 Å². The van der Waals surface area contributed by atoms with Gasteiger partial charge in [-0.15, -0.1) is 0 Å². The van der Waals surface area contributed by atoms with Gasteiger partial charge in [0.25, 0.3) is 5.56 Å². The maximum atomic E-state index is 13.2.